The zero-order valence-electron chi connectivity index (χ0n) is 9.10. The minimum atomic E-state index is 0.765. The van der Waals surface area contributed by atoms with Crippen molar-refractivity contribution in [1.82, 2.24) is 14.6 Å². The fraction of sp³-hybridized carbons (Fsp3) is 0.455. The summed E-state index contributed by atoms with van der Waals surface area (Å²) in [7, 11) is 1.71. The Morgan fingerprint density at radius 3 is 3.00 bits per heavy atom. The van der Waals surface area contributed by atoms with Gasteiger partial charge >= 0.3 is 0 Å². The van der Waals surface area contributed by atoms with Crippen molar-refractivity contribution in [2.24, 2.45) is 0 Å². The maximum absolute atomic E-state index is 5.02. The Morgan fingerprint density at radius 2 is 2.20 bits per heavy atom. The van der Waals surface area contributed by atoms with E-state index in [0.717, 1.165) is 30.9 Å². The third-order valence-corrected chi connectivity index (χ3v) is 2.37. The first kappa shape index (κ1) is 10.1. The molecule has 0 aliphatic heterocycles. The van der Waals surface area contributed by atoms with Crippen LogP contribution in [0.1, 0.15) is 17.8 Å². The van der Waals surface area contributed by atoms with Crippen LogP contribution in [-0.2, 0) is 11.2 Å². The Balaban J connectivity index is 2.23. The summed E-state index contributed by atoms with van der Waals surface area (Å²) in [6.45, 7) is 2.83. The average molecular weight is 205 g/mol. The molecule has 15 heavy (non-hydrogen) atoms. The summed E-state index contributed by atoms with van der Waals surface area (Å²) < 4.78 is 7.07. The van der Waals surface area contributed by atoms with Crippen LogP contribution in [0.4, 0.5) is 0 Å². The van der Waals surface area contributed by atoms with E-state index < -0.39 is 0 Å². The van der Waals surface area contributed by atoms with Gasteiger partial charge in [0.1, 0.15) is 5.82 Å². The number of rotatable bonds is 4. The van der Waals surface area contributed by atoms with Crippen molar-refractivity contribution in [2.45, 2.75) is 19.8 Å². The Hall–Kier alpha value is -1.42. The van der Waals surface area contributed by atoms with Gasteiger partial charge in [0.25, 0.3) is 0 Å². The van der Waals surface area contributed by atoms with E-state index in [1.165, 1.54) is 5.56 Å². The summed E-state index contributed by atoms with van der Waals surface area (Å²) in [6.07, 6.45) is 3.95. The molecule has 4 nitrogen and oxygen atoms in total. The van der Waals surface area contributed by atoms with Crippen molar-refractivity contribution in [3.8, 4) is 0 Å². The molecule has 0 saturated carbocycles. The maximum Gasteiger partial charge on any atom is 0.160 e. The average Bonchev–Trinajstić information content (AvgIpc) is 2.62. The van der Waals surface area contributed by atoms with Gasteiger partial charge < -0.3 is 4.74 Å². The van der Waals surface area contributed by atoms with Gasteiger partial charge in [0, 0.05) is 26.3 Å². The molecule has 0 bridgehead atoms. The van der Waals surface area contributed by atoms with Gasteiger partial charge in [0.05, 0.1) is 0 Å². The van der Waals surface area contributed by atoms with Crippen LogP contribution in [-0.4, -0.2) is 28.3 Å². The van der Waals surface area contributed by atoms with Gasteiger partial charge in [-0.25, -0.2) is 0 Å². The second kappa shape index (κ2) is 4.40. The third kappa shape index (κ3) is 2.15. The lowest BCUT2D eigenvalue weighted by Crippen LogP contribution is -1.98. The minimum Gasteiger partial charge on any atom is -0.385 e. The fourth-order valence-corrected chi connectivity index (χ4v) is 1.59. The van der Waals surface area contributed by atoms with Crippen LogP contribution in [0.15, 0.2) is 18.3 Å². The molecule has 0 aliphatic rings. The Bertz CT molecular complexity index is 450. The number of nitrogens with zero attached hydrogens (tertiary/aromatic N) is 3. The Morgan fingerprint density at radius 1 is 1.33 bits per heavy atom. The van der Waals surface area contributed by atoms with E-state index in [-0.39, 0.29) is 0 Å². The van der Waals surface area contributed by atoms with E-state index >= 15 is 0 Å². The summed E-state index contributed by atoms with van der Waals surface area (Å²) in [4.78, 5) is 0. The molecule has 0 spiro atoms. The normalized spacial score (nSPS) is 11.1. The van der Waals surface area contributed by atoms with Crippen LogP contribution in [0.2, 0.25) is 0 Å². The molecule has 2 aromatic heterocycles. The molecule has 0 aromatic carbocycles. The number of fused-ring (bicyclic) bond motifs is 1. The quantitative estimate of drug-likeness (QED) is 0.712. The molecular formula is C11H15N3O. The van der Waals surface area contributed by atoms with Gasteiger partial charge in [0.2, 0.25) is 0 Å². The highest BCUT2D eigenvalue weighted by Gasteiger charge is 2.04. The molecule has 0 aliphatic carbocycles. The van der Waals surface area contributed by atoms with Crippen LogP contribution < -0.4 is 0 Å². The standard InChI is InChI=1S/C11H15N3O/c1-9-5-6-11-13-12-10(14(11)8-9)4-3-7-15-2/h5-6,8H,3-4,7H2,1-2H3. The largest absolute Gasteiger partial charge is 0.385 e. The van der Waals surface area contributed by atoms with E-state index in [1.54, 1.807) is 7.11 Å². The molecule has 0 radical (unpaired) electrons. The van der Waals surface area contributed by atoms with Gasteiger partial charge in [-0.3, -0.25) is 4.40 Å². The van der Waals surface area contributed by atoms with Gasteiger partial charge in [-0.2, -0.15) is 0 Å². The molecule has 0 amide bonds. The van der Waals surface area contributed by atoms with Crippen LogP contribution in [0.5, 0.6) is 0 Å². The summed E-state index contributed by atoms with van der Waals surface area (Å²) in [5, 5.41) is 8.28. The zero-order chi connectivity index (χ0) is 10.7. The Labute approximate surface area is 88.9 Å². The SMILES string of the molecule is COCCCc1nnc2ccc(C)cn12. The lowest BCUT2D eigenvalue weighted by molar-refractivity contribution is 0.194. The molecule has 0 fully saturated rings. The number of hydrogen-bond acceptors (Lipinski definition) is 3. The van der Waals surface area contributed by atoms with Gasteiger partial charge in [-0.05, 0) is 25.0 Å². The van der Waals surface area contributed by atoms with E-state index in [4.69, 9.17) is 4.74 Å². The maximum atomic E-state index is 5.02. The number of hydrogen-bond donors (Lipinski definition) is 0. The topological polar surface area (TPSA) is 39.4 Å². The second-order valence-corrected chi connectivity index (χ2v) is 3.65. The molecule has 80 valence electrons. The van der Waals surface area contributed by atoms with Crippen molar-refractivity contribution in [2.75, 3.05) is 13.7 Å². The zero-order valence-corrected chi connectivity index (χ0v) is 9.10. The van der Waals surface area contributed by atoms with Gasteiger partial charge in [-0.15, -0.1) is 10.2 Å². The van der Waals surface area contributed by atoms with Crippen molar-refractivity contribution < 1.29 is 4.74 Å². The second-order valence-electron chi connectivity index (χ2n) is 3.65. The molecule has 2 heterocycles. The van der Waals surface area contributed by atoms with Gasteiger partial charge in [-0.1, -0.05) is 6.07 Å². The summed E-state index contributed by atoms with van der Waals surface area (Å²) in [5.41, 5.74) is 2.13. The molecule has 2 aromatic rings. The van der Waals surface area contributed by atoms with E-state index in [1.807, 2.05) is 16.5 Å². The first-order valence-electron chi connectivity index (χ1n) is 5.10. The summed E-state index contributed by atoms with van der Waals surface area (Å²) in [5.74, 6) is 1.01. The molecule has 0 saturated heterocycles. The first-order valence-corrected chi connectivity index (χ1v) is 5.10. The summed E-state index contributed by atoms with van der Waals surface area (Å²) in [6, 6.07) is 4.03. The molecule has 0 N–H and O–H groups in total. The first-order chi connectivity index (χ1) is 7.31. The third-order valence-electron chi connectivity index (χ3n) is 2.37. The number of aromatic nitrogens is 3. The molecule has 2 rings (SSSR count). The fourth-order valence-electron chi connectivity index (χ4n) is 1.59. The van der Waals surface area contributed by atoms with E-state index in [0.29, 0.717) is 0 Å². The molecule has 4 heteroatoms. The minimum absolute atomic E-state index is 0.765. The van der Waals surface area contributed by atoms with Crippen LogP contribution in [0.25, 0.3) is 5.65 Å². The molecule has 0 atom stereocenters. The highest BCUT2D eigenvalue weighted by Crippen LogP contribution is 2.07. The lowest BCUT2D eigenvalue weighted by Gasteiger charge is -2.00. The highest BCUT2D eigenvalue weighted by molar-refractivity contribution is 5.39. The molecule has 0 unspecified atom stereocenters. The van der Waals surface area contributed by atoms with Crippen molar-refractivity contribution >= 4 is 5.65 Å². The van der Waals surface area contributed by atoms with Crippen molar-refractivity contribution in [3.05, 3.63) is 29.7 Å². The Kier molecular flexibility index (Phi) is 2.97. The summed E-state index contributed by atoms with van der Waals surface area (Å²) >= 11 is 0. The van der Waals surface area contributed by atoms with Crippen LogP contribution in [0.3, 0.4) is 0 Å². The number of aryl methyl sites for hydroxylation is 2. The lowest BCUT2D eigenvalue weighted by atomic mass is 10.3. The highest BCUT2D eigenvalue weighted by atomic mass is 16.5. The predicted octanol–water partition coefficient (Wildman–Crippen LogP) is 1.62. The van der Waals surface area contributed by atoms with Crippen molar-refractivity contribution in [3.63, 3.8) is 0 Å². The van der Waals surface area contributed by atoms with Crippen molar-refractivity contribution in [1.29, 1.82) is 0 Å². The van der Waals surface area contributed by atoms with Gasteiger partial charge in [0.15, 0.2) is 5.65 Å². The smallest absolute Gasteiger partial charge is 0.160 e. The monoisotopic (exact) mass is 205 g/mol. The van der Waals surface area contributed by atoms with E-state index in [9.17, 15) is 0 Å². The van der Waals surface area contributed by atoms with Crippen LogP contribution in [0, 0.1) is 6.92 Å². The molecular weight excluding hydrogens is 190 g/mol. The van der Waals surface area contributed by atoms with E-state index in [2.05, 4.69) is 23.3 Å². The number of ether oxygens (including phenoxy) is 1. The van der Waals surface area contributed by atoms with Crippen LogP contribution >= 0.6 is 0 Å². The number of methoxy groups -OCH3 is 1. The number of pyridine rings is 1. The predicted molar refractivity (Wildman–Crippen MR) is 57.9 cm³/mol.